The molecule has 0 unspecified atom stereocenters. The zero-order valence-electron chi connectivity index (χ0n) is 12.4. The van der Waals surface area contributed by atoms with Gasteiger partial charge in [0.1, 0.15) is 6.54 Å². The molecular weight excluding hydrogens is 294 g/mol. The van der Waals surface area contributed by atoms with E-state index in [9.17, 15) is 13.6 Å². The molecule has 1 aliphatic carbocycles. The maximum absolute atomic E-state index is 12.4. The smallest absolute Gasteiger partial charge is 0.322 e. The standard InChI is InChI=1S/C14H22F2N4O2/c15-13(16)10-19-9-11(8-17-19)18-14(22)20(6-7-21)12-4-2-1-3-5-12/h8-9,12-13,21H,1-7,10H2,(H,18,22). The van der Waals surface area contributed by atoms with E-state index in [-0.39, 0.29) is 25.2 Å². The van der Waals surface area contributed by atoms with Gasteiger partial charge >= 0.3 is 6.03 Å². The largest absolute Gasteiger partial charge is 0.395 e. The van der Waals surface area contributed by atoms with Crippen molar-refractivity contribution in [3.8, 4) is 0 Å². The van der Waals surface area contributed by atoms with Crippen LogP contribution in [0.5, 0.6) is 0 Å². The summed E-state index contributed by atoms with van der Waals surface area (Å²) < 4.78 is 25.7. The van der Waals surface area contributed by atoms with E-state index in [0.717, 1.165) is 30.4 Å². The van der Waals surface area contributed by atoms with Crippen molar-refractivity contribution in [1.82, 2.24) is 14.7 Å². The second kappa shape index (κ2) is 8.07. The van der Waals surface area contributed by atoms with Crippen molar-refractivity contribution in [1.29, 1.82) is 0 Å². The molecule has 124 valence electrons. The van der Waals surface area contributed by atoms with E-state index in [2.05, 4.69) is 10.4 Å². The number of carbonyl (C=O) groups excluding carboxylic acids is 1. The molecule has 1 aromatic heterocycles. The molecule has 0 aromatic carbocycles. The summed E-state index contributed by atoms with van der Waals surface area (Å²) in [5.41, 5.74) is 0.379. The van der Waals surface area contributed by atoms with E-state index in [1.165, 1.54) is 18.8 Å². The summed E-state index contributed by atoms with van der Waals surface area (Å²) in [5.74, 6) is 0. The van der Waals surface area contributed by atoms with Crippen LogP contribution in [0, 0.1) is 0 Å². The molecular formula is C14H22F2N4O2. The number of aliphatic hydroxyl groups excluding tert-OH is 1. The van der Waals surface area contributed by atoms with Crippen molar-refractivity contribution in [3.63, 3.8) is 0 Å². The predicted octanol–water partition coefficient (Wildman–Crippen LogP) is 2.31. The van der Waals surface area contributed by atoms with Crippen molar-refractivity contribution in [3.05, 3.63) is 12.4 Å². The average Bonchev–Trinajstić information content (AvgIpc) is 2.91. The first kappa shape index (κ1) is 16.7. The minimum atomic E-state index is -2.49. The molecule has 1 fully saturated rings. The SMILES string of the molecule is O=C(Nc1cnn(CC(F)F)c1)N(CCO)C1CCCCC1. The molecule has 1 heterocycles. The van der Waals surface area contributed by atoms with Gasteiger partial charge in [0.05, 0.1) is 18.5 Å². The van der Waals surface area contributed by atoms with Gasteiger partial charge in [-0.25, -0.2) is 13.6 Å². The fourth-order valence-corrected chi connectivity index (χ4v) is 2.82. The second-order valence-corrected chi connectivity index (χ2v) is 5.48. The Morgan fingerprint density at radius 2 is 2.18 bits per heavy atom. The summed E-state index contributed by atoms with van der Waals surface area (Å²) in [5, 5.41) is 15.6. The molecule has 0 aliphatic heterocycles. The third-order valence-corrected chi connectivity index (χ3v) is 3.83. The highest BCUT2D eigenvalue weighted by Gasteiger charge is 2.25. The van der Waals surface area contributed by atoms with Crippen LogP contribution in [0.3, 0.4) is 0 Å². The Balaban J connectivity index is 1.96. The van der Waals surface area contributed by atoms with Crippen LogP contribution in [-0.4, -0.2) is 51.4 Å². The van der Waals surface area contributed by atoms with E-state index in [1.807, 2.05) is 0 Å². The van der Waals surface area contributed by atoms with Crippen molar-refractivity contribution < 1.29 is 18.7 Å². The highest BCUT2D eigenvalue weighted by molar-refractivity contribution is 5.89. The van der Waals surface area contributed by atoms with Crippen molar-refractivity contribution in [2.75, 3.05) is 18.5 Å². The van der Waals surface area contributed by atoms with Gasteiger partial charge in [0.2, 0.25) is 0 Å². The molecule has 2 rings (SSSR count). The first-order valence-electron chi connectivity index (χ1n) is 7.59. The van der Waals surface area contributed by atoms with Crippen LogP contribution >= 0.6 is 0 Å². The number of amides is 2. The third kappa shape index (κ3) is 4.66. The lowest BCUT2D eigenvalue weighted by Gasteiger charge is -2.33. The Hall–Kier alpha value is -1.70. The second-order valence-electron chi connectivity index (χ2n) is 5.48. The number of halogens is 2. The highest BCUT2D eigenvalue weighted by atomic mass is 19.3. The van der Waals surface area contributed by atoms with E-state index in [0.29, 0.717) is 5.69 Å². The fourth-order valence-electron chi connectivity index (χ4n) is 2.82. The molecule has 1 aliphatic rings. The first-order chi connectivity index (χ1) is 10.6. The Morgan fingerprint density at radius 3 is 2.82 bits per heavy atom. The van der Waals surface area contributed by atoms with Gasteiger partial charge in [-0.2, -0.15) is 5.10 Å². The molecule has 1 saturated carbocycles. The molecule has 1 aromatic rings. The Labute approximate surface area is 128 Å². The lowest BCUT2D eigenvalue weighted by molar-refractivity contribution is 0.122. The molecule has 8 heteroatoms. The lowest BCUT2D eigenvalue weighted by atomic mass is 9.94. The quantitative estimate of drug-likeness (QED) is 0.846. The number of rotatable bonds is 6. The molecule has 0 bridgehead atoms. The first-order valence-corrected chi connectivity index (χ1v) is 7.59. The van der Waals surface area contributed by atoms with Crippen molar-refractivity contribution >= 4 is 11.7 Å². The van der Waals surface area contributed by atoms with Crippen molar-refractivity contribution in [2.45, 2.75) is 51.1 Å². The van der Waals surface area contributed by atoms with Crippen LogP contribution in [0.1, 0.15) is 32.1 Å². The number of urea groups is 1. The van der Waals surface area contributed by atoms with Gasteiger partial charge < -0.3 is 15.3 Å². The number of aliphatic hydroxyl groups is 1. The number of aromatic nitrogens is 2. The van der Waals surface area contributed by atoms with Crippen LogP contribution in [0.15, 0.2) is 12.4 Å². The number of carbonyl (C=O) groups is 1. The summed E-state index contributed by atoms with van der Waals surface area (Å²) in [4.78, 5) is 14.0. The van der Waals surface area contributed by atoms with Crippen LogP contribution in [0.2, 0.25) is 0 Å². The van der Waals surface area contributed by atoms with Gasteiger partial charge in [0, 0.05) is 18.8 Å². The summed E-state index contributed by atoms with van der Waals surface area (Å²) in [7, 11) is 0. The monoisotopic (exact) mass is 316 g/mol. The number of hydrogen-bond donors (Lipinski definition) is 2. The molecule has 0 saturated heterocycles. The van der Waals surface area contributed by atoms with E-state index < -0.39 is 13.0 Å². The molecule has 0 radical (unpaired) electrons. The van der Waals surface area contributed by atoms with Crippen LogP contribution < -0.4 is 5.32 Å². The summed E-state index contributed by atoms with van der Waals surface area (Å²) >= 11 is 0. The zero-order chi connectivity index (χ0) is 15.9. The fraction of sp³-hybridized carbons (Fsp3) is 0.714. The normalized spacial score (nSPS) is 16.0. The van der Waals surface area contributed by atoms with Crippen LogP contribution in [-0.2, 0) is 6.54 Å². The summed E-state index contributed by atoms with van der Waals surface area (Å²) in [6.07, 6.45) is 5.41. The Morgan fingerprint density at radius 1 is 1.45 bits per heavy atom. The van der Waals surface area contributed by atoms with Crippen LogP contribution in [0.4, 0.5) is 19.3 Å². The van der Waals surface area contributed by atoms with Gasteiger partial charge in [-0.3, -0.25) is 4.68 Å². The lowest BCUT2D eigenvalue weighted by Crippen LogP contribution is -2.45. The van der Waals surface area contributed by atoms with Gasteiger partial charge in [-0.05, 0) is 12.8 Å². The van der Waals surface area contributed by atoms with Gasteiger partial charge in [0.15, 0.2) is 0 Å². The summed E-state index contributed by atoms with van der Waals surface area (Å²) in [6, 6.07) is -0.199. The molecule has 2 amide bonds. The van der Waals surface area contributed by atoms with Crippen LogP contribution in [0.25, 0.3) is 0 Å². The highest BCUT2D eigenvalue weighted by Crippen LogP contribution is 2.23. The minimum absolute atomic E-state index is 0.103. The molecule has 0 spiro atoms. The topological polar surface area (TPSA) is 70.4 Å². The Bertz CT molecular complexity index is 475. The third-order valence-electron chi connectivity index (χ3n) is 3.83. The average molecular weight is 316 g/mol. The van der Waals surface area contributed by atoms with Gasteiger partial charge in [-0.1, -0.05) is 19.3 Å². The number of anilines is 1. The van der Waals surface area contributed by atoms with E-state index in [4.69, 9.17) is 5.11 Å². The molecule has 0 atom stereocenters. The number of nitrogens with zero attached hydrogens (tertiary/aromatic N) is 3. The van der Waals surface area contributed by atoms with Gasteiger partial charge in [-0.15, -0.1) is 0 Å². The van der Waals surface area contributed by atoms with Crippen molar-refractivity contribution in [2.24, 2.45) is 0 Å². The number of hydrogen-bond acceptors (Lipinski definition) is 3. The number of nitrogens with one attached hydrogen (secondary N) is 1. The minimum Gasteiger partial charge on any atom is -0.395 e. The Kier molecular flexibility index (Phi) is 6.11. The molecule has 2 N–H and O–H groups in total. The number of alkyl halides is 2. The van der Waals surface area contributed by atoms with E-state index in [1.54, 1.807) is 4.90 Å². The molecule has 22 heavy (non-hydrogen) atoms. The molecule has 6 nitrogen and oxygen atoms in total. The summed E-state index contributed by atoms with van der Waals surface area (Å²) in [6.45, 7) is -0.338. The van der Waals surface area contributed by atoms with E-state index >= 15 is 0 Å². The van der Waals surface area contributed by atoms with Gasteiger partial charge in [0.25, 0.3) is 6.43 Å². The zero-order valence-corrected chi connectivity index (χ0v) is 12.4. The predicted molar refractivity (Wildman–Crippen MR) is 77.9 cm³/mol. The maximum atomic E-state index is 12.4. The maximum Gasteiger partial charge on any atom is 0.322 e.